The summed E-state index contributed by atoms with van der Waals surface area (Å²) in [5.74, 6) is -0.380. The first kappa shape index (κ1) is 15.2. The van der Waals surface area contributed by atoms with Gasteiger partial charge in [-0.3, -0.25) is 0 Å². The number of hydrogen-bond acceptors (Lipinski definition) is 3. The Kier molecular flexibility index (Phi) is 4.41. The lowest BCUT2D eigenvalue weighted by molar-refractivity contribution is 0.394. The first-order chi connectivity index (χ1) is 10.0. The minimum Gasteiger partial charge on any atom is -0.507 e. The van der Waals surface area contributed by atoms with Gasteiger partial charge >= 0.3 is 0 Å². The number of rotatable bonds is 4. The maximum atomic E-state index is 10.3. The largest absolute Gasteiger partial charge is 0.507 e. The lowest BCUT2D eigenvalue weighted by atomic mass is 9.90. The fourth-order valence-corrected chi connectivity index (χ4v) is 2.85. The maximum Gasteiger partial charge on any atom is 0.169 e. The third-order valence-electron chi connectivity index (χ3n) is 3.99. The summed E-state index contributed by atoms with van der Waals surface area (Å²) in [6.45, 7) is 5.99. The van der Waals surface area contributed by atoms with Gasteiger partial charge in [0.25, 0.3) is 0 Å². The van der Waals surface area contributed by atoms with Crippen LogP contribution in [0.2, 0.25) is 0 Å². The van der Waals surface area contributed by atoms with Gasteiger partial charge in [-0.15, -0.1) is 0 Å². The van der Waals surface area contributed by atoms with Gasteiger partial charge in [-0.05, 0) is 42.0 Å². The summed E-state index contributed by atoms with van der Waals surface area (Å²) >= 11 is 0. The van der Waals surface area contributed by atoms with E-state index in [4.69, 9.17) is 0 Å². The quantitative estimate of drug-likeness (QED) is 0.584. The van der Waals surface area contributed by atoms with Crippen LogP contribution in [0.5, 0.6) is 17.2 Å². The van der Waals surface area contributed by atoms with Crippen molar-refractivity contribution in [3.63, 3.8) is 0 Å². The normalized spacial score (nSPS) is 10.8. The highest BCUT2D eigenvalue weighted by atomic mass is 16.3. The molecule has 0 saturated heterocycles. The van der Waals surface area contributed by atoms with E-state index in [9.17, 15) is 15.3 Å². The first-order valence-corrected chi connectivity index (χ1v) is 7.42. The molecule has 0 saturated carbocycles. The average Bonchev–Trinajstić information content (AvgIpc) is 2.50. The zero-order valence-electron chi connectivity index (χ0n) is 12.8. The number of phenolic OH excluding ortho intramolecular Hbond substituents is 3. The summed E-state index contributed by atoms with van der Waals surface area (Å²) in [6.07, 6.45) is 2.23. The van der Waals surface area contributed by atoms with E-state index >= 15 is 0 Å². The zero-order valence-corrected chi connectivity index (χ0v) is 12.8. The van der Waals surface area contributed by atoms with E-state index in [2.05, 4.69) is 13.0 Å². The van der Waals surface area contributed by atoms with E-state index in [0.717, 1.165) is 24.0 Å². The molecule has 3 heteroatoms. The Morgan fingerprint density at radius 1 is 0.810 bits per heavy atom. The molecule has 0 radical (unpaired) electrons. The Labute approximate surface area is 125 Å². The van der Waals surface area contributed by atoms with Crippen molar-refractivity contribution >= 4 is 0 Å². The number of phenols is 3. The molecule has 2 aromatic rings. The minimum atomic E-state index is -0.241. The van der Waals surface area contributed by atoms with E-state index in [0.29, 0.717) is 17.5 Å². The summed E-state index contributed by atoms with van der Waals surface area (Å²) in [4.78, 5) is 0. The first-order valence-electron chi connectivity index (χ1n) is 7.42. The van der Waals surface area contributed by atoms with Gasteiger partial charge in [-0.25, -0.2) is 0 Å². The van der Waals surface area contributed by atoms with E-state index in [1.54, 1.807) is 0 Å². The van der Waals surface area contributed by atoms with Crippen molar-refractivity contribution in [1.82, 2.24) is 0 Å². The molecule has 3 N–H and O–H groups in total. The number of aromatic hydroxyl groups is 3. The lowest BCUT2D eigenvalue weighted by Gasteiger charge is -2.17. The van der Waals surface area contributed by atoms with Gasteiger partial charge in [0.05, 0.1) is 5.56 Å². The Morgan fingerprint density at radius 3 is 2.05 bits per heavy atom. The highest BCUT2D eigenvalue weighted by Crippen LogP contribution is 2.46. The molecule has 0 aliphatic rings. The summed E-state index contributed by atoms with van der Waals surface area (Å²) in [5.41, 5.74) is 3.92. The predicted molar refractivity (Wildman–Crippen MR) is 85.0 cm³/mol. The average molecular weight is 286 g/mol. The fraction of sp³-hybridized carbons (Fsp3) is 0.333. The van der Waals surface area contributed by atoms with Crippen LogP contribution in [0.25, 0.3) is 11.1 Å². The topological polar surface area (TPSA) is 60.7 Å². The molecule has 0 amide bonds. The van der Waals surface area contributed by atoms with Crippen LogP contribution in [-0.2, 0) is 19.3 Å². The van der Waals surface area contributed by atoms with Crippen molar-refractivity contribution in [2.75, 3.05) is 0 Å². The Morgan fingerprint density at radius 2 is 1.48 bits per heavy atom. The predicted octanol–water partition coefficient (Wildman–Crippen LogP) is 4.16. The van der Waals surface area contributed by atoms with Crippen LogP contribution in [0.1, 0.15) is 37.5 Å². The van der Waals surface area contributed by atoms with Crippen LogP contribution in [0.4, 0.5) is 0 Å². The van der Waals surface area contributed by atoms with Gasteiger partial charge in [-0.2, -0.15) is 0 Å². The third kappa shape index (κ3) is 2.56. The number of hydrogen-bond donors (Lipinski definition) is 3. The van der Waals surface area contributed by atoms with E-state index in [1.807, 2.05) is 26.0 Å². The molecule has 0 fully saturated rings. The smallest absolute Gasteiger partial charge is 0.169 e. The Balaban J connectivity index is 2.76. The van der Waals surface area contributed by atoms with Crippen molar-refractivity contribution < 1.29 is 15.3 Å². The molecular weight excluding hydrogens is 264 g/mol. The molecule has 2 aromatic carbocycles. The van der Waals surface area contributed by atoms with Crippen LogP contribution in [0.3, 0.4) is 0 Å². The van der Waals surface area contributed by atoms with E-state index in [-0.39, 0.29) is 17.2 Å². The van der Waals surface area contributed by atoms with Crippen molar-refractivity contribution in [2.24, 2.45) is 0 Å². The number of benzene rings is 2. The van der Waals surface area contributed by atoms with Crippen molar-refractivity contribution in [1.29, 1.82) is 0 Å². The van der Waals surface area contributed by atoms with Crippen molar-refractivity contribution in [3.05, 3.63) is 41.0 Å². The fourth-order valence-electron chi connectivity index (χ4n) is 2.85. The van der Waals surface area contributed by atoms with Gasteiger partial charge < -0.3 is 15.3 Å². The highest BCUT2D eigenvalue weighted by molar-refractivity contribution is 5.82. The third-order valence-corrected chi connectivity index (χ3v) is 3.99. The molecule has 0 aliphatic heterocycles. The molecule has 0 atom stereocenters. The van der Waals surface area contributed by atoms with Crippen LogP contribution in [0, 0.1) is 0 Å². The molecule has 21 heavy (non-hydrogen) atoms. The van der Waals surface area contributed by atoms with E-state index in [1.165, 1.54) is 11.6 Å². The molecule has 0 spiro atoms. The van der Waals surface area contributed by atoms with Crippen LogP contribution >= 0.6 is 0 Å². The molecule has 0 bridgehead atoms. The summed E-state index contributed by atoms with van der Waals surface area (Å²) in [5, 5.41) is 30.7. The van der Waals surface area contributed by atoms with Gasteiger partial charge in [0, 0.05) is 5.56 Å². The Bertz CT molecular complexity index is 660. The van der Waals surface area contributed by atoms with Crippen molar-refractivity contribution in [3.8, 4) is 28.4 Å². The van der Waals surface area contributed by atoms with Gasteiger partial charge in [0.15, 0.2) is 11.5 Å². The SMILES string of the molecule is CCc1cc(O)c(-c2cccc(CC)c2CC)c(O)c1O. The zero-order chi connectivity index (χ0) is 15.6. The molecule has 3 nitrogen and oxygen atoms in total. The second-order valence-corrected chi connectivity index (χ2v) is 5.13. The minimum absolute atomic E-state index is 0.00473. The molecular formula is C18H22O3. The summed E-state index contributed by atoms with van der Waals surface area (Å²) in [6, 6.07) is 7.37. The molecule has 0 unspecified atom stereocenters. The monoisotopic (exact) mass is 286 g/mol. The summed E-state index contributed by atoms with van der Waals surface area (Å²) < 4.78 is 0. The van der Waals surface area contributed by atoms with Crippen molar-refractivity contribution in [2.45, 2.75) is 40.0 Å². The van der Waals surface area contributed by atoms with Crippen LogP contribution in [0.15, 0.2) is 24.3 Å². The molecule has 0 heterocycles. The van der Waals surface area contributed by atoms with Crippen LogP contribution in [-0.4, -0.2) is 15.3 Å². The lowest BCUT2D eigenvalue weighted by Crippen LogP contribution is -1.96. The van der Waals surface area contributed by atoms with Gasteiger partial charge in [-0.1, -0.05) is 39.0 Å². The van der Waals surface area contributed by atoms with Gasteiger partial charge in [0.2, 0.25) is 0 Å². The molecule has 112 valence electrons. The van der Waals surface area contributed by atoms with Crippen LogP contribution < -0.4 is 0 Å². The second kappa shape index (κ2) is 6.08. The molecule has 2 rings (SSSR count). The van der Waals surface area contributed by atoms with Gasteiger partial charge in [0.1, 0.15) is 5.75 Å². The molecule has 0 aliphatic carbocycles. The Hall–Kier alpha value is -2.16. The second-order valence-electron chi connectivity index (χ2n) is 5.13. The standard InChI is InChI=1S/C18H22O3/c1-4-11-8-7-9-14(13(11)6-3)16-15(19)10-12(5-2)17(20)18(16)21/h7-10,19-21H,4-6H2,1-3H3. The highest BCUT2D eigenvalue weighted by Gasteiger charge is 2.20. The molecule has 0 aromatic heterocycles. The summed E-state index contributed by atoms with van der Waals surface area (Å²) in [7, 11) is 0. The van der Waals surface area contributed by atoms with E-state index < -0.39 is 0 Å². The maximum absolute atomic E-state index is 10.3. The number of aryl methyl sites for hydroxylation is 2.